The Labute approximate surface area is 165 Å². The van der Waals surface area contributed by atoms with Gasteiger partial charge in [-0.2, -0.15) is 4.98 Å². The molecule has 2 aromatic carbocycles. The van der Waals surface area contributed by atoms with Crippen molar-refractivity contribution >= 4 is 28.2 Å². The number of fused-ring (bicyclic) bond motifs is 1. The molecule has 4 rings (SSSR count). The van der Waals surface area contributed by atoms with E-state index in [2.05, 4.69) is 15.4 Å². The van der Waals surface area contributed by atoms with Crippen LogP contribution in [0.2, 0.25) is 0 Å². The molecule has 2 aromatic heterocycles. The summed E-state index contributed by atoms with van der Waals surface area (Å²) in [5.41, 5.74) is 1.90. The third kappa shape index (κ3) is 3.96. The Hall–Kier alpha value is -3.39. The van der Waals surface area contributed by atoms with E-state index in [0.717, 1.165) is 22.8 Å². The summed E-state index contributed by atoms with van der Waals surface area (Å²) in [6, 6.07) is 17.1. The second-order valence-electron chi connectivity index (χ2n) is 5.94. The van der Waals surface area contributed by atoms with E-state index < -0.39 is 0 Å². The third-order valence-electron chi connectivity index (χ3n) is 4.06. The molecule has 0 aliphatic rings. The molecule has 1 amide bonds. The number of aromatic nitrogens is 3. The maximum absolute atomic E-state index is 12.1. The van der Waals surface area contributed by atoms with E-state index in [4.69, 9.17) is 9.47 Å². The van der Waals surface area contributed by atoms with Crippen molar-refractivity contribution in [1.29, 1.82) is 0 Å². The minimum atomic E-state index is -0.194. The molecule has 0 saturated carbocycles. The molecule has 0 bridgehead atoms. The molecule has 0 radical (unpaired) electrons. The smallest absolute Gasteiger partial charge is 0.250 e. The Kier molecular flexibility index (Phi) is 5.20. The van der Waals surface area contributed by atoms with Gasteiger partial charge in [-0.1, -0.05) is 18.2 Å². The molecule has 0 aliphatic carbocycles. The number of ether oxygens (including phenoxy) is 2. The molecule has 0 unspecified atom stereocenters. The van der Waals surface area contributed by atoms with Gasteiger partial charge in [0, 0.05) is 10.9 Å². The number of benzene rings is 2. The predicted molar refractivity (Wildman–Crippen MR) is 108 cm³/mol. The first-order chi connectivity index (χ1) is 13.7. The molecular weight excluding hydrogens is 376 g/mol. The van der Waals surface area contributed by atoms with Crippen molar-refractivity contribution in [2.45, 2.75) is 6.42 Å². The lowest BCUT2D eigenvalue weighted by Gasteiger charge is -2.05. The van der Waals surface area contributed by atoms with E-state index >= 15 is 0 Å². The highest BCUT2D eigenvalue weighted by molar-refractivity contribution is 7.15. The molecule has 142 valence electrons. The number of carbonyl (C=O) groups is 1. The number of nitrogens with zero attached hydrogens (tertiary/aromatic N) is 3. The normalized spacial score (nSPS) is 10.8. The molecule has 0 fully saturated rings. The maximum Gasteiger partial charge on any atom is 0.250 e. The van der Waals surface area contributed by atoms with Crippen LogP contribution in [0.25, 0.3) is 16.2 Å². The zero-order valence-electron chi connectivity index (χ0n) is 15.2. The second-order valence-corrected chi connectivity index (χ2v) is 6.78. The van der Waals surface area contributed by atoms with Crippen molar-refractivity contribution in [1.82, 2.24) is 14.6 Å². The van der Waals surface area contributed by atoms with Crippen LogP contribution in [0.4, 0.5) is 5.95 Å². The van der Waals surface area contributed by atoms with E-state index in [9.17, 15) is 4.79 Å². The first-order valence-corrected chi connectivity index (χ1v) is 9.57. The van der Waals surface area contributed by atoms with Crippen molar-refractivity contribution in [2.75, 3.05) is 19.0 Å². The van der Waals surface area contributed by atoms with Crippen molar-refractivity contribution in [3.05, 3.63) is 60.0 Å². The number of amides is 1. The number of methoxy groups -OCH3 is 1. The monoisotopic (exact) mass is 394 g/mol. The fraction of sp³-hybridized carbons (Fsp3) is 0.150. The minimum absolute atomic E-state index is 0.194. The van der Waals surface area contributed by atoms with Crippen LogP contribution in [0.15, 0.2) is 60.0 Å². The molecule has 0 spiro atoms. The lowest BCUT2D eigenvalue weighted by molar-refractivity contribution is -0.116. The van der Waals surface area contributed by atoms with Crippen LogP contribution < -0.4 is 14.8 Å². The average Bonchev–Trinajstić information content (AvgIpc) is 3.29. The van der Waals surface area contributed by atoms with Crippen LogP contribution in [-0.4, -0.2) is 34.2 Å². The van der Waals surface area contributed by atoms with Gasteiger partial charge < -0.3 is 9.47 Å². The van der Waals surface area contributed by atoms with Gasteiger partial charge in [-0.3, -0.25) is 10.1 Å². The fourth-order valence-electron chi connectivity index (χ4n) is 2.66. The molecule has 1 N–H and O–H groups in total. The zero-order valence-corrected chi connectivity index (χ0v) is 16.0. The van der Waals surface area contributed by atoms with Gasteiger partial charge in [0.05, 0.1) is 25.8 Å². The fourth-order valence-corrected chi connectivity index (χ4v) is 3.49. The molecule has 0 saturated heterocycles. The Morgan fingerprint density at radius 3 is 2.64 bits per heavy atom. The Balaban J connectivity index is 1.40. The van der Waals surface area contributed by atoms with Gasteiger partial charge in [0.2, 0.25) is 16.8 Å². The van der Waals surface area contributed by atoms with Crippen molar-refractivity contribution < 1.29 is 14.3 Å². The molecular formula is C20H18N4O3S. The van der Waals surface area contributed by atoms with E-state index in [1.807, 2.05) is 60.0 Å². The lowest BCUT2D eigenvalue weighted by Crippen LogP contribution is -2.16. The van der Waals surface area contributed by atoms with Crippen LogP contribution >= 0.6 is 11.3 Å². The van der Waals surface area contributed by atoms with Gasteiger partial charge in [-0.05, 0) is 36.4 Å². The standard InChI is InChI=1S/C20H18N4O3S/c1-26-15-9-7-14(8-10-15)17-13-28-20-22-19(23-24(17)20)21-18(25)11-12-27-16-5-3-2-4-6-16/h2-10,13H,11-12H2,1H3,(H,21,23,25). The summed E-state index contributed by atoms with van der Waals surface area (Å²) in [4.78, 5) is 17.2. The van der Waals surface area contributed by atoms with Crippen LogP contribution in [-0.2, 0) is 4.79 Å². The topological polar surface area (TPSA) is 77.8 Å². The zero-order chi connectivity index (χ0) is 19.3. The van der Waals surface area contributed by atoms with Gasteiger partial charge in [0.15, 0.2) is 0 Å². The highest BCUT2D eigenvalue weighted by atomic mass is 32.1. The molecule has 2 heterocycles. The Bertz CT molecular complexity index is 1070. The van der Waals surface area contributed by atoms with Gasteiger partial charge >= 0.3 is 0 Å². The van der Waals surface area contributed by atoms with Crippen molar-refractivity contribution in [2.24, 2.45) is 0 Å². The lowest BCUT2D eigenvalue weighted by atomic mass is 10.2. The highest BCUT2D eigenvalue weighted by Crippen LogP contribution is 2.27. The van der Waals surface area contributed by atoms with Gasteiger partial charge in [-0.25, -0.2) is 4.52 Å². The third-order valence-corrected chi connectivity index (χ3v) is 4.88. The highest BCUT2D eigenvalue weighted by Gasteiger charge is 2.13. The summed E-state index contributed by atoms with van der Waals surface area (Å²) in [5.74, 6) is 1.62. The number of hydrogen-bond donors (Lipinski definition) is 1. The molecule has 4 aromatic rings. The summed E-state index contributed by atoms with van der Waals surface area (Å²) in [6.07, 6.45) is 0.215. The van der Waals surface area contributed by atoms with Crippen LogP contribution in [0.3, 0.4) is 0 Å². The number of carbonyl (C=O) groups excluding carboxylic acids is 1. The van der Waals surface area contributed by atoms with Crippen molar-refractivity contribution in [3.8, 4) is 22.8 Å². The predicted octanol–water partition coefficient (Wildman–Crippen LogP) is 3.87. The number of thiazole rings is 1. The molecule has 28 heavy (non-hydrogen) atoms. The SMILES string of the molecule is COc1ccc(-c2csc3nc(NC(=O)CCOc4ccccc4)nn23)cc1. The molecule has 0 aliphatic heterocycles. The summed E-state index contributed by atoms with van der Waals surface area (Å²) >= 11 is 1.46. The Morgan fingerprint density at radius 2 is 1.89 bits per heavy atom. The van der Waals surface area contributed by atoms with E-state index in [1.165, 1.54) is 11.3 Å². The van der Waals surface area contributed by atoms with E-state index in [0.29, 0.717) is 4.96 Å². The van der Waals surface area contributed by atoms with E-state index in [1.54, 1.807) is 11.6 Å². The summed E-state index contributed by atoms with van der Waals surface area (Å²) in [5, 5.41) is 9.12. The van der Waals surface area contributed by atoms with Crippen LogP contribution in [0.1, 0.15) is 6.42 Å². The number of rotatable bonds is 7. The number of hydrogen-bond acceptors (Lipinski definition) is 6. The average molecular weight is 394 g/mol. The first-order valence-electron chi connectivity index (χ1n) is 8.69. The largest absolute Gasteiger partial charge is 0.497 e. The number of anilines is 1. The maximum atomic E-state index is 12.1. The molecule has 7 nitrogen and oxygen atoms in total. The van der Waals surface area contributed by atoms with E-state index in [-0.39, 0.29) is 24.9 Å². The number of para-hydroxylation sites is 1. The van der Waals surface area contributed by atoms with Crippen molar-refractivity contribution in [3.63, 3.8) is 0 Å². The first kappa shape index (κ1) is 18.0. The minimum Gasteiger partial charge on any atom is -0.497 e. The summed E-state index contributed by atoms with van der Waals surface area (Å²) in [6.45, 7) is 0.287. The van der Waals surface area contributed by atoms with Gasteiger partial charge in [-0.15, -0.1) is 16.4 Å². The molecule has 0 atom stereocenters. The Morgan fingerprint density at radius 1 is 1.11 bits per heavy atom. The summed E-state index contributed by atoms with van der Waals surface area (Å²) < 4.78 is 12.5. The van der Waals surface area contributed by atoms with Gasteiger partial charge in [0.1, 0.15) is 11.5 Å². The quantitative estimate of drug-likeness (QED) is 0.515. The van der Waals surface area contributed by atoms with Crippen LogP contribution in [0, 0.1) is 0 Å². The molecule has 8 heteroatoms. The number of nitrogens with one attached hydrogen (secondary N) is 1. The second kappa shape index (κ2) is 8.10. The van der Waals surface area contributed by atoms with Gasteiger partial charge in [0.25, 0.3) is 0 Å². The van der Waals surface area contributed by atoms with Crippen LogP contribution in [0.5, 0.6) is 11.5 Å². The summed E-state index contributed by atoms with van der Waals surface area (Å²) in [7, 11) is 1.63.